The van der Waals surface area contributed by atoms with E-state index in [-0.39, 0.29) is 0 Å². The van der Waals surface area contributed by atoms with E-state index >= 15 is 0 Å². The monoisotopic (exact) mass is 224 g/mol. The van der Waals surface area contributed by atoms with E-state index in [0.29, 0.717) is 13.2 Å². The Morgan fingerprint density at radius 3 is 2.12 bits per heavy atom. The van der Waals surface area contributed by atoms with Crippen LogP contribution in [-0.2, 0) is 9.47 Å². The van der Waals surface area contributed by atoms with Crippen LogP contribution in [0.3, 0.4) is 0 Å². The molecule has 0 aliphatic rings. The molecule has 1 atom stereocenters. The maximum Gasteiger partial charge on any atom is 0.176 e. The van der Waals surface area contributed by atoms with Crippen molar-refractivity contribution >= 4 is 0 Å². The van der Waals surface area contributed by atoms with Crippen LogP contribution in [0.2, 0.25) is 0 Å². The first-order chi connectivity index (χ1) is 8.03. The van der Waals surface area contributed by atoms with E-state index < -0.39 is 12.3 Å². The highest BCUT2D eigenvalue weighted by Gasteiger charge is 2.19. The number of hydrogen-bond donors (Lipinski definition) is 1. The van der Waals surface area contributed by atoms with Gasteiger partial charge in [-0.2, -0.15) is 0 Å². The molecule has 90 valence electrons. The van der Waals surface area contributed by atoms with Crippen LogP contribution in [0.25, 0.3) is 0 Å². The van der Waals surface area contributed by atoms with Crippen LogP contribution in [0.15, 0.2) is 24.3 Å². The minimum atomic E-state index is -1.52. The van der Waals surface area contributed by atoms with Gasteiger partial charge in [0.05, 0.1) is 7.41 Å². The van der Waals surface area contributed by atoms with Gasteiger partial charge in [0.1, 0.15) is 0 Å². The van der Waals surface area contributed by atoms with Gasteiger partial charge in [0, 0.05) is 13.2 Å². The quantitative estimate of drug-likeness (QED) is 0.755. The highest BCUT2D eigenvalue weighted by Crippen LogP contribution is 2.18. The van der Waals surface area contributed by atoms with Gasteiger partial charge in [-0.3, -0.25) is 0 Å². The van der Waals surface area contributed by atoms with E-state index in [1.807, 2.05) is 45.0 Å². The van der Waals surface area contributed by atoms with Gasteiger partial charge in [0.15, 0.2) is 6.27 Å². The number of nitrogens with two attached hydrogens (primary N) is 1. The third kappa shape index (κ3) is 3.59. The minimum absolute atomic E-state index is 0.392. The van der Waals surface area contributed by atoms with Crippen LogP contribution >= 0.6 is 0 Å². The fourth-order valence-electron chi connectivity index (χ4n) is 1.42. The summed E-state index contributed by atoms with van der Waals surface area (Å²) in [7, 11) is 0. The lowest BCUT2D eigenvalue weighted by Crippen LogP contribution is -2.31. The lowest BCUT2D eigenvalue weighted by Gasteiger charge is -2.23. The molecular weight excluding hydrogens is 202 g/mol. The molecule has 3 heteroatoms. The average molecular weight is 224 g/mol. The van der Waals surface area contributed by atoms with Crippen molar-refractivity contribution in [1.82, 2.24) is 0 Å². The van der Waals surface area contributed by atoms with Crippen molar-refractivity contribution in [1.29, 1.82) is 0 Å². The van der Waals surface area contributed by atoms with E-state index in [2.05, 4.69) is 0 Å². The fourth-order valence-corrected chi connectivity index (χ4v) is 1.42. The molecule has 1 rings (SSSR count). The number of rotatable bonds is 6. The average Bonchev–Trinajstić information content (AvgIpc) is 2.30. The second kappa shape index (κ2) is 6.63. The lowest BCUT2D eigenvalue weighted by molar-refractivity contribution is -0.149. The molecule has 0 spiro atoms. The standard InChI is InChI=1S/C13H21NO2/c1-4-15-13(16-5-2)12(14)11-8-6-10(3)7-9-11/h6-9,12-13H,4-5,14H2,1-3H3/t12-/m0/s1/i13D. The lowest BCUT2D eigenvalue weighted by atomic mass is 10.1. The molecule has 0 aliphatic carbocycles. The Bertz CT molecular complexity index is 334. The third-order valence-electron chi connectivity index (χ3n) is 2.26. The van der Waals surface area contributed by atoms with Crippen molar-refractivity contribution in [3.63, 3.8) is 0 Å². The molecule has 0 radical (unpaired) electrons. The van der Waals surface area contributed by atoms with Crippen LogP contribution in [0.5, 0.6) is 0 Å². The summed E-state index contributed by atoms with van der Waals surface area (Å²) in [5, 5.41) is 0. The van der Waals surface area contributed by atoms with Gasteiger partial charge in [0.25, 0.3) is 0 Å². The second-order valence-electron chi connectivity index (χ2n) is 3.57. The molecule has 0 heterocycles. The maximum absolute atomic E-state index is 8.15. The summed E-state index contributed by atoms with van der Waals surface area (Å²) < 4.78 is 18.8. The zero-order valence-electron chi connectivity index (χ0n) is 11.2. The first-order valence-corrected chi connectivity index (χ1v) is 5.63. The second-order valence-corrected chi connectivity index (χ2v) is 3.57. The molecule has 2 N–H and O–H groups in total. The first-order valence-electron chi connectivity index (χ1n) is 6.13. The van der Waals surface area contributed by atoms with Gasteiger partial charge in [-0.05, 0) is 26.3 Å². The SMILES string of the molecule is [2H]C(OCC)(OCC)[C@@H](N)c1ccc(C)cc1. The van der Waals surface area contributed by atoms with Crippen LogP contribution in [0.1, 0.15) is 32.4 Å². The number of hydrogen-bond acceptors (Lipinski definition) is 3. The summed E-state index contributed by atoms with van der Waals surface area (Å²) in [5.41, 5.74) is 8.06. The van der Waals surface area contributed by atoms with Crippen molar-refractivity contribution < 1.29 is 10.8 Å². The third-order valence-corrected chi connectivity index (χ3v) is 2.26. The molecule has 1 aromatic carbocycles. The zero-order chi connectivity index (χ0) is 12.9. The Kier molecular flexibility index (Phi) is 4.80. The van der Waals surface area contributed by atoms with Gasteiger partial charge in [-0.1, -0.05) is 29.8 Å². The fraction of sp³-hybridized carbons (Fsp3) is 0.538. The number of benzene rings is 1. The van der Waals surface area contributed by atoms with E-state index in [0.717, 1.165) is 11.1 Å². The molecule has 0 aromatic heterocycles. The Balaban J connectivity index is 2.90. The molecule has 0 amide bonds. The largest absolute Gasteiger partial charge is 0.351 e. The molecule has 1 aromatic rings. The minimum Gasteiger partial charge on any atom is -0.351 e. The molecular formula is C13H21NO2. The summed E-state index contributed by atoms with van der Waals surface area (Å²) >= 11 is 0. The number of ether oxygens (including phenoxy) is 2. The topological polar surface area (TPSA) is 44.5 Å². The molecule has 3 nitrogen and oxygen atoms in total. The molecule has 0 aliphatic heterocycles. The highest BCUT2D eigenvalue weighted by atomic mass is 16.7. The van der Waals surface area contributed by atoms with Crippen molar-refractivity contribution in [2.75, 3.05) is 13.2 Å². The van der Waals surface area contributed by atoms with E-state index in [9.17, 15) is 0 Å². The zero-order valence-corrected chi connectivity index (χ0v) is 10.2. The molecule has 16 heavy (non-hydrogen) atoms. The van der Waals surface area contributed by atoms with Gasteiger partial charge in [-0.15, -0.1) is 0 Å². The number of aryl methyl sites for hydroxylation is 1. The molecule has 0 bridgehead atoms. The maximum atomic E-state index is 8.15. The summed E-state index contributed by atoms with van der Waals surface area (Å²) in [6, 6.07) is 7.12. The van der Waals surface area contributed by atoms with Crippen molar-refractivity contribution in [3.8, 4) is 0 Å². The van der Waals surface area contributed by atoms with Crippen LogP contribution < -0.4 is 5.73 Å². The van der Waals surface area contributed by atoms with Gasteiger partial charge < -0.3 is 15.2 Å². The Morgan fingerprint density at radius 2 is 1.69 bits per heavy atom. The van der Waals surface area contributed by atoms with E-state index in [1.54, 1.807) is 0 Å². The first kappa shape index (κ1) is 11.6. The molecule has 0 unspecified atom stereocenters. The van der Waals surface area contributed by atoms with E-state index in [1.165, 1.54) is 0 Å². The van der Waals surface area contributed by atoms with Gasteiger partial charge in [-0.25, -0.2) is 0 Å². The van der Waals surface area contributed by atoms with Gasteiger partial charge >= 0.3 is 0 Å². The Labute approximate surface area is 99.0 Å². The van der Waals surface area contributed by atoms with E-state index in [4.69, 9.17) is 16.6 Å². The smallest absolute Gasteiger partial charge is 0.176 e. The summed E-state index contributed by atoms with van der Waals surface area (Å²) in [4.78, 5) is 0. The Hall–Kier alpha value is -0.900. The van der Waals surface area contributed by atoms with Crippen LogP contribution in [0, 0.1) is 6.92 Å². The summed E-state index contributed by atoms with van der Waals surface area (Å²) in [6.07, 6.45) is -1.52. The van der Waals surface area contributed by atoms with Crippen molar-refractivity contribution in [2.24, 2.45) is 5.73 Å². The molecule has 0 saturated carbocycles. The molecule has 0 fully saturated rings. The van der Waals surface area contributed by atoms with Crippen LogP contribution in [0.4, 0.5) is 0 Å². The predicted molar refractivity (Wildman–Crippen MR) is 65.1 cm³/mol. The van der Waals surface area contributed by atoms with Crippen molar-refractivity contribution in [2.45, 2.75) is 33.1 Å². The Morgan fingerprint density at radius 1 is 1.19 bits per heavy atom. The summed E-state index contributed by atoms with van der Waals surface area (Å²) in [5.74, 6) is 0. The van der Waals surface area contributed by atoms with Crippen LogP contribution in [-0.4, -0.2) is 19.5 Å². The predicted octanol–water partition coefficient (Wildman–Crippen LogP) is 2.39. The van der Waals surface area contributed by atoms with Crippen molar-refractivity contribution in [3.05, 3.63) is 35.4 Å². The summed E-state index contributed by atoms with van der Waals surface area (Å²) in [6.45, 7) is 6.44. The van der Waals surface area contributed by atoms with Gasteiger partial charge in [0.2, 0.25) is 0 Å². The highest BCUT2D eigenvalue weighted by molar-refractivity contribution is 5.24. The molecule has 0 saturated heterocycles. The normalized spacial score (nSPS) is 14.6.